The molecule has 0 aromatic carbocycles. The molecule has 0 aliphatic heterocycles. The summed E-state index contributed by atoms with van der Waals surface area (Å²) in [6.45, 7) is 4.34. The zero-order valence-electron chi connectivity index (χ0n) is 16.7. The highest BCUT2D eigenvalue weighted by Crippen LogP contribution is 2.38. The van der Waals surface area contributed by atoms with E-state index in [0.717, 1.165) is 52.8 Å². The van der Waals surface area contributed by atoms with Gasteiger partial charge in [-0.1, -0.05) is 0 Å². The van der Waals surface area contributed by atoms with Gasteiger partial charge in [-0.2, -0.15) is 5.26 Å². The minimum atomic E-state index is -0.341. The molecule has 1 aliphatic rings. The molecule has 1 N–H and O–H groups in total. The van der Waals surface area contributed by atoms with Crippen molar-refractivity contribution in [3.8, 4) is 6.07 Å². The lowest BCUT2D eigenvalue weighted by atomic mass is 9.85. The van der Waals surface area contributed by atoms with Crippen LogP contribution >= 0.6 is 11.3 Å². The number of carbonyl (C=O) groups is 1. The van der Waals surface area contributed by atoms with Gasteiger partial charge >= 0.3 is 6.09 Å². The number of alkyl carbamates (subject to hydrolysis) is 1. The zero-order chi connectivity index (χ0) is 20.4. The van der Waals surface area contributed by atoms with Gasteiger partial charge in [0.1, 0.15) is 11.3 Å². The Morgan fingerprint density at radius 3 is 2.90 bits per heavy atom. The highest BCUT2D eigenvalue weighted by Gasteiger charge is 2.27. The Hall–Kier alpha value is -2.66. The molecule has 3 heterocycles. The van der Waals surface area contributed by atoms with Gasteiger partial charge in [0.15, 0.2) is 0 Å². The number of hydrogen-bond acceptors (Lipinski definition) is 6. The summed E-state index contributed by atoms with van der Waals surface area (Å²) < 4.78 is 8.57. The molecule has 3 aromatic heterocycles. The van der Waals surface area contributed by atoms with Crippen molar-refractivity contribution in [2.24, 2.45) is 5.92 Å². The number of nitrogens with one attached hydrogen (secondary N) is 1. The van der Waals surface area contributed by atoms with Crippen molar-refractivity contribution >= 4 is 38.7 Å². The average molecular weight is 412 g/mol. The van der Waals surface area contributed by atoms with Crippen LogP contribution in [0.25, 0.3) is 21.3 Å². The SMILES string of the molecule is CC(C)OC(=O)NCC1CCC(n2c(CC#N)nc3cnc4ccsc4c32)CC1. The minimum Gasteiger partial charge on any atom is -0.447 e. The van der Waals surface area contributed by atoms with Crippen LogP contribution in [0.5, 0.6) is 0 Å². The van der Waals surface area contributed by atoms with Crippen LogP contribution in [0.3, 0.4) is 0 Å². The summed E-state index contributed by atoms with van der Waals surface area (Å²) in [4.78, 5) is 21.0. The number of rotatable bonds is 5. The second-order valence-electron chi connectivity index (χ2n) is 7.87. The Labute approximate surface area is 173 Å². The van der Waals surface area contributed by atoms with Gasteiger partial charge in [-0.05, 0) is 56.9 Å². The van der Waals surface area contributed by atoms with Crippen LogP contribution in [0.4, 0.5) is 4.79 Å². The minimum absolute atomic E-state index is 0.109. The summed E-state index contributed by atoms with van der Waals surface area (Å²) >= 11 is 1.68. The maximum atomic E-state index is 11.7. The summed E-state index contributed by atoms with van der Waals surface area (Å²) in [7, 11) is 0. The Bertz CT molecular complexity index is 1060. The topological polar surface area (TPSA) is 92.8 Å². The zero-order valence-corrected chi connectivity index (χ0v) is 17.5. The number of nitrogens with zero attached hydrogens (tertiary/aromatic N) is 4. The van der Waals surface area contributed by atoms with E-state index in [-0.39, 0.29) is 12.2 Å². The molecule has 0 bridgehead atoms. The molecule has 0 radical (unpaired) electrons. The standard InChI is InChI=1S/C21H25N5O2S/c1-13(2)28-21(27)24-11-14-3-5-15(6-4-14)26-18(7-9-22)25-17-12-23-16-8-10-29-20(16)19(17)26/h8,10,12-15H,3-7,11H2,1-2H3,(H,24,27). The van der Waals surface area contributed by atoms with Crippen LogP contribution in [0.1, 0.15) is 51.4 Å². The second kappa shape index (κ2) is 8.37. The van der Waals surface area contributed by atoms with Crippen molar-refractivity contribution in [2.45, 2.75) is 58.1 Å². The molecule has 0 saturated heterocycles. The number of fused-ring (bicyclic) bond motifs is 3. The number of amides is 1. The molecule has 1 saturated carbocycles. The number of ether oxygens (including phenoxy) is 1. The van der Waals surface area contributed by atoms with Gasteiger partial charge in [-0.3, -0.25) is 4.98 Å². The van der Waals surface area contributed by atoms with Crippen molar-refractivity contribution < 1.29 is 9.53 Å². The Morgan fingerprint density at radius 1 is 1.38 bits per heavy atom. The van der Waals surface area contributed by atoms with E-state index < -0.39 is 0 Å². The largest absolute Gasteiger partial charge is 0.447 e. The molecule has 1 amide bonds. The van der Waals surface area contributed by atoms with Crippen molar-refractivity contribution in [2.75, 3.05) is 6.54 Å². The molecule has 4 rings (SSSR count). The first-order chi connectivity index (χ1) is 14.1. The van der Waals surface area contributed by atoms with Crippen LogP contribution in [0.15, 0.2) is 17.6 Å². The summed E-state index contributed by atoms with van der Waals surface area (Å²) in [5.41, 5.74) is 2.96. The summed E-state index contributed by atoms with van der Waals surface area (Å²) in [6.07, 6.45) is 5.72. The van der Waals surface area contributed by atoms with Crippen molar-refractivity contribution in [1.29, 1.82) is 5.26 Å². The second-order valence-corrected chi connectivity index (χ2v) is 8.79. The maximum Gasteiger partial charge on any atom is 0.407 e. The normalized spacial score (nSPS) is 19.5. The molecule has 152 valence electrons. The van der Waals surface area contributed by atoms with E-state index in [9.17, 15) is 10.1 Å². The van der Waals surface area contributed by atoms with E-state index in [1.54, 1.807) is 11.3 Å². The van der Waals surface area contributed by atoms with Crippen LogP contribution in [0.2, 0.25) is 0 Å². The van der Waals surface area contributed by atoms with Crippen LogP contribution < -0.4 is 5.32 Å². The van der Waals surface area contributed by atoms with Crippen LogP contribution in [-0.4, -0.2) is 33.3 Å². The molecule has 1 aliphatic carbocycles. The number of pyridine rings is 1. The molecule has 7 nitrogen and oxygen atoms in total. The summed E-state index contributed by atoms with van der Waals surface area (Å²) in [6, 6.07) is 4.60. The molecule has 1 fully saturated rings. The van der Waals surface area contributed by atoms with Gasteiger partial charge in [0.05, 0.1) is 40.5 Å². The number of thiophene rings is 1. The lowest BCUT2D eigenvalue weighted by molar-refractivity contribution is 0.113. The molecule has 0 unspecified atom stereocenters. The van der Waals surface area contributed by atoms with E-state index in [0.29, 0.717) is 24.9 Å². The van der Waals surface area contributed by atoms with E-state index in [1.165, 1.54) is 0 Å². The van der Waals surface area contributed by atoms with Gasteiger partial charge in [0, 0.05) is 12.6 Å². The maximum absolute atomic E-state index is 11.7. The van der Waals surface area contributed by atoms with Crippen molar-refractivity contribution in [3.63, 3.8) is 0 Å². The number of aromatic nitrogens is 3. The highest BCUT2D eigenvalue weighted by atomic mass is 32.1. The summed E-state index contributed by atoms with van der Waals surface area (Å²) in [5, 5.41) is 14.2. The fourth-order valence-electron chi connectivity index (χ4n) is 4.21. The number of hydrogen-bond donors (Lipinski definition) is 1. The number of nitriles is 1. The summed E-state index contributed by atoms with van der Waals surface area (Å²) in [5.74, 6) is 1.27. The predicted octanol–water partition coefficient (Wildman–Crippen LogP) is 4.58. The number of carbonyl (C=O) groups excluding carboxylic acids is 1. The third-order valence-electron chi connectivity index (χ3n) is 5.49. The quantitative estimate of drug-likeness (QED) is 0.663. The smallest absolute Gasteiger partial charge is 0.407 e. The highest BCUT2D eigenvalue weighted by molar-refractivity contribution is 7.18. The molecular weight excluding hydrogens is 386 g/mol. The molecule has 0 atom stereocenters. The fourth-order valence-corrected chi connectivity index (χ4v) is 5.09. The molecule has 0 spiro atoms. The van der Waals surface area contributed by atoms with Gasteiger partial charge in [-0.15, -0.1) is 11.3 Å². The van der Waals surface area contributed by atoms with Crippen LogP contribution in [-0.2, 0) is 11.2 Å². The fraction of sp³-hybridized carbons (Fsp3) is 0.524. The molecule has 29 heavy (non-hydrogen) atoms. The first kappa shape index (κ1) is 19.6. The predicted molar refractivity (Wildman–Crippen MR) is 113 cm³/mol. The average Bonchev–Trinajstić information content (AvgIpc) is 3.30. The first-order valence-corrected chi connectivity index (χ1v) is 11.0. The number of imidazole rings is 1. The molecule has 3 aromatic rings. The lowest BCUT2D eigenvalue weighted by Crippen LogP contribution is -2.33. The first-order valence-electron chi connectivity index (χ1n) is 10.1. The van der Waals surface area contributed by atoms with E-state index >= 15 is 0 Å². The van der Waals surface area contributed by atoms with Crippen LogP contribution in [0, 0.1) is 17.2 Å². The molecular formula is C21H25N5O2S. The third kappa shape index (κ3) is 4.06. The third-order valence-corrected chi connectivity index (χ3v) is 6.40. The monoisotopic (exact) mass is 411 g/mol. The van der Waals surface area contributed by atoms with E-state index in [4.69, 9.17) is 9.72 Å². The molecule has 8 heteroatoms. The Balaban J connectivity index is 1.52. The lowest BCUT2D eigenvalue weighted by Gasteiger charge is -2.30. The van der Waals surface area contributed by atoms with Gasteiger partial charge in [0.2, 0.25) is 0 Å². The Morgan fingerprint density at radius 2 is 2.17 bits per heavy atom. The van der Waals surface area contributed by atoms with E-state index in [1.807, 2.05) is 26.1 Å². The Kier molecular flexibility index (Phi) is 5.67. The van der Waals surface area contributed by atoms with Crippen molar-refractivity contribution in [3.05, 3.63) is 23.5 Å². The van der Waals surface area contributed by atoms with Gasteiger partial charge in [0.25, 0.3) is 0 Å². The van der Waals surface area contributed by atoms with E-state index in [2.05, 4.69) is 26.3 Å². The van der Waals surface area contributed by atoms with Crippen molar-refractivity contribution in [1.82, 2.24) is 19.9 Å². The van der Waals surface area contributed by atoms with Gasteiger partial charge in [-0.25, -0.2) is 9.78 Å². The van der Waals surface area contributed by atoms with Gasteiger partial charge < -0.3 is 14.6 Å².